The Morgan fingerprint density at radius 2 is 1.89 bits per heavy atom. The van der Waals surface area contributed by atoms with Gasteiger partial charge in [0.05, 0.1) is 12.2 Å². The number of rotatable bonds is 3. The van der Waals surface area contributed by atoms with Crippen LogP contribution >= 0.6 is 0 Å². The number of ether oxygens (including phenoxy) is 1. The fourth-order valence-corrected chi connectivity index (χ4v) is 3.12. The first kappa shape index (κ1) is 13.0. The third kappa shape index (κ3) is 2.50. The highest BCUT2D eigenvalue weighted by atomic mass is 19.2. The summed E-state index contributed by atoms with van der Waals surface area (Å²) in [6.07, 6.45) is 2.68. The molecule has 0 radical (unpaired) electrons. The normalized spacial score (nSPS) is 28.6. The maximum absolute atomic E-state index is 13.3. The van der Waals surface area contributed by atoms with Crippen LogP contribution in [-0.2, 0) is 4.74 Å². The summed E-state index contributed by atoms with van der Waals surface area (Å²) in [4.78, 5) is 2.23. The van der Waals surface area contributed by atoms with E-state index in [0.29, 0.717) is 6.54 Å². The lowest BCUT2D eigenvalue weighted by Gasteiger charge is -2.37. The van der Waals surface area contributed by atoms with E-state index >= 15 is 0 Å². The van der Waals surface area contributed by atoms with Gasteiger partial charge in [0.2, 0.25) is 0 Å². The number of hydrogen-bond donors (Lipinski definition) is 1. The topological polar surface area (TPSA) is 38.5 Å². The lowest BCUT2D eigenvalue weighted by molar-refractivity contribution is -0.0521. The predicted octanol–water partition coefficient (Wildman–Crippen LogP) is 1.83. The summed E-state index contributed by atoms with van der Waals surface area (Å²) in [6.45, 7) is 2.03. The number of likely N-dealkylation sites (tertiary alicyclic amines) is 1. The Bertz CT molecular complexity index is 457. The maximum Gasteiger partial charge on any atom is 0.159 e. The molecule has 19 heavy (non-hydrogen) atoms. The molecule has 0 aliphatic carbocycles. The molecule has 0 saturated carbocycles. The molecule has 3 rings (SSSR count). The Morgan fingerprint density at radius 3 is 2.47 bits per heavy atom. The molecule has 0 amide bonds. The van der Waals surface area contributed by atoms with Gasteiger partial charge in [0, 0.05) is 25.7 Å². The number of halogens is 2. The molecular weight excluding hydrogens is 250 g/mol. The summed E-state index contributed by atoms with van der Waals surface area (Å²) >= 11 is 0. The van der Waals surface area contributed by atoms with Gasteiger partial charge in [-0.1, -0.05) is 6.07 Å². The summed E-state index contributed by atoms with van der Waals surface area (Å²) in [5.41, 5.74) is 6.57. The van der Waals surface area contributed by atoms with E-state index in [1.165, 1.54) is 12.1 Å². The molecule has 2 aliphatic rings. The van der Waals surface area contributed by atoms with Crippen molar-refractivity contribution in [1.82, 2.24) is 4.90 Å². The molecule has 2 N–H and O–H groups in total. The first-order valence-corrected chi connectivity index (χ1v) is 6.72. The van der Waals surface area contributed by atoms with Crippen molar-refractivity contribution in [3.05, 3.63) is 35.4 Å². The van der Waals surface area contributed by atoms with Gasteiger partial charge in [-0.15, -0.1) is 0 Å². The molecule has 3 unspecified atom stereocenters. The number of nitrogens with zero attached hydrogens (tertiary/aromatic N) is 1. The van der Waals surface area contributed by atoms with E-state index in [1.54, 1.807) is 6.07 Å². The van der Waals surface area contributed by atoms with E-state index in [2.05, 4.69) is 4.90 Å². The van der Waals surface area contributed by atoms with E-state index in [-0.39, 0.29) is 18.2 Å². The van der Waals surface area contributed by atoms with Gasteiger partial charge in [0.15, 0.2) is 11.6 Å². The van der Waals surface area contributed by atoms with Crippen molar-refractivity contribution in [2.75, 3.05) is 19.6 Å². The van der Waals surface area contributed by atoms with Crippen molar-refractivity contribution in [1.29, 1.82) is 0 Å². The number of nitrogens with two attached hydrogens (primary N) is 1. The van der Waals surface area contributed by atoms with E-state index < -0.39 is 11.6 Å². The number of hydrogen-bond acceptors (Lipinski definition) is 3. The zero-order valence-electron chi connectivity index (χ0n) is 10.7. The number of fused-ring (bicyclic) bond motifs is 2. The van der Waals surface area contributed by atoms with Crippen LogP contribution in [0.3, 0.4) is 0 Å². The maximum atomic E-state index is 13.3. The van der Waals surface area contributed by atoms with Crippen molar-refractivity contribution in [2.45, 2.75) is 31.1 Å². The van der Waals surface area contributed by atoms with Crippen LogP contribution in [0.25, 0.3) is 0 Å². The standard InChI is InChI=1S/C14H18F2N2O/c15-12-4-1-9(5-13(12)16)14(6-17)18-7-10-2-3-11(8-18)19-10/h1,4-5,10-11,14H,2-3,6-8,17H2. The Labute approximate surface area is 111 Å². The van der Waals surface area contributed by atoms with Crippen LogP contribution in [0.15, 0.2) is 18.2 Å². The van der Waals surface area contributed by atoms with Crippen molar-refractivity contribution >= 4 is 0 Å². The zero-order valence-corrected chi connectivity index (χ0v) is 10.7. The molecule has 0 aromatic heterocycles. The monoisotopic (exact) mass is 268 g/mol. The SMILES string of the molecule is NCC(c1ccc(F)c(F)c1)N1CC2CCC(C1)O2. The minimum atomic E-state index is -0.818. The van der Waals surface area contributed by atoms with Gasteiger partial charge >= 0.3 is 0 Å². The molecule has 2 aliphatic heterocycles. The van der Waals surface area contributed by atoms with Crippen LogP contribution in [0.4, 0.5) is 8.78 Å². The minimum absolute atomic E-state index is 0.0675. The van der Waals surface area contributed by atoms with Gasteiger partial charge in [-0.3, -0.25) is 4.90 Å². The Balaban J connectivity index is 1.81. The highest BCUT2D eigenvalue weighted by Crippen LogP contribution is 2.31. The van der Waals surface area contributed by atoms with E-state index in [1.807, 2.05) is 0 Å². The highest BCUT2D eigenvalue weighted by molar-refractivity contribution is 5.22. The van der Waals surface area contributed by atoms with Gasteiger partial charge in [-0.25, -0.2) is 8.78 Å². The van der Waals surface area contributed by atoms with Crippen LogP contribution in [-0.4, -0.2) is 36.7 Å². The second-order valence-corrected chi connectivity index (χ2v) is 5.34. The number of morpholine rings is 1. The minimum Gasteiger partial charge on any atom is -0.372 e. The third-order valence-corrected chi connectivity index (χ3v) is 4.06. The highest BCUT2D eigenvalue weighted by Gasteiger charge is 2.36. The van der Waals surface area contributed by atoms with E-state index in [4.69, 9.17) is 10.5 Å². The van der Waals surface area contributed by atoms with Gasteiger partial charge in [-0.2, -0.15) is 0 Å². The fraction of sp³-hybridized carbons (Fsp3) is 0.571. The number of benzene rings is 1. The van der Waals surface area contributed by atoms with E-state index in [0.717, 1.165) is 31.5 Å². The molecule has 3 nitrogen and oxygen atoms in total. The Kier molecular flexibility index (Phi) is 3.52. The van der Waals surface area contributed by atoms with Gasteiger partial charge < -0.3 is 10.5 Å². The second kappa shape index (κ2) is 5.15. The lowest BCUT2D eigenvalue weighted by atomic mass is 10.0. The molecule has 5 heteroatoms. The van der Waals surface area contributed by atoms with Crippen molar-refractivity contribution in [3.63, 3.8) is 0 Å². The average molecular weight is 268 g/mol. The molecule has 1 aromatic carbocycles. The molecule has 3 atom stereocenters. The summed E-state index contributed by atoms with van der Waals surface area (Å²) in [6, 6.07) is 3.97. The van der Waals surface area contributed by atoms with E-state index in [9.17, 15) is 8.78 Å². The fourth-order valence-electron chi connectivity index (χ4n) is 3.12. The van der Waals surface area contributed by atoms with Crippen molar-refractivity contribution in [3.8, 4) is 0 Å². The first-order chi connectivity index (χ1) is 9.17. The molecule has 2 bridgehead atoms. The Morgan fingerprint density at radius 1 is 1.21 bits per heavy atom. The Hall–Kier alpha value is -1.04. The summed E-state index contributed by atoms with van der Waals surface area (Å²) in [5.74, 6) is -1.63. The smallest absolute Gasteiger partial charge is 0.159 e. The zero-order chi connectivity index (χ0) is 13.4. The van der Waals surface area contributed by atoms with Crippen LogP contribution in [0.5, 0.6) is 0 Å². The quantitative estimate of drug-likeness (QED) is 0.909. The second-order valence-electron chi connectivity index (χ2n) is 5.34. The molecule has 2 heterocycles. The van der Waals surface area contributed by atoms with Crippen molar-refractivity contribution < 1.29 is 13.5 Å². The summed E-state index contributed by atoms with van der Waals surface area (Å²) in [7, 11) is 0. The van der Waals surface area contributed by atoms with Crippen LogP contribution < -0.4 is 5.73 Å². The summed E-state index contributed by atoms with van der Waals surface area (Å²) in [5, 5.41) is 0. The molecule has 0 spiro atoms. The van der Waals surface area contributed by atoms with Gasteiger partial charge in [-0.05, 0) is 30.5 Å². The van der Waals surface area contributed by atoms with Crippen LogP contribution in [0.1, 0.15) is 24.4 Å². The summed E-state index contributed by atoms with van der Waals surface area (Å²) < 4.78 is 32.1. The molecule has 1 aromatic rings. The lowest BCUT2D eigenvalue weighted by Crippen LogP contribution is -2.46. The predicted molar refractivity (Wildman–Crippen MR) is 67.6 cm³/mol. The first-order valence-electron chi connectivity index (χ1n) is 6.72. The van der Waals surface area contributed by atoms with Crippen LogP contribution in [0, 0.1) is 11.6 Å². The molecule has 2 fully saturated rings. The molecule has 104 valence electrons. The molecular formula is C14H18F2N2O. The largest absolute Gasteiger partial charge is 0.372 e. The third-order valence-electron chi connectivity index (χ3n) is 4.06. The van der Waals surface area contributed by atoms with Gasteiger partial charge in [0.1, 0.15) is 0 Å². The van der Waals surface area contributed by atoms with Crippen LogP contribution in [0.2, 0.25) is 0 Å². The van der Waals surface area contributed by atoms with Crippen molar-refractivity contribution in [2.24, 2.45) is 5.73 Å². The molecule has 2 saturated heterocycles. The average Bonchev–Trinajstić information content (AvgIpc) is 2.74. The van der Waals surface area contributed by atoms with Gasteiger partial charge in [0.25, 0.3) is 0 Å².